The van der Waals surface area contributed by atoms with E-state index in [1.54, 1.807) is 6.08 Å². The van der Waals surface area contributed by atoms with Gasteiger partial charge in [-0.2, -0.15) is 0 Å². The third-order valence-electron chi connectivity index (χ3n) is 2.70. The first-order valence-corrected chi connectivity index (χ1v) is 4.59. The maximum atomic E-state index is 9.55. The molecule has 0 saturated carbocycles. The summed E-state index contributed by atoms with van der Waals surface area (Å²) in [5.41, 5.74) is -0.461. The van der Waals surface area contributed by atoms with Crippen LogP contribution < -0.4 is 0 Å². The topological polar surface area (TPSA) is 43.7 Å². The Hall–Kier alpha value is -0.540. The predicted molar refractivity (Wildman–Crippen MR) is 52.4 cm³/mol. The Morgan fingerprint density at radius 1 is 1.38 bits per heavy atom. The first-order chi connectivity index (χ1) is 5.79. The zero-order valence-electron chi connectivity index (χ0n) is 8.83. The molecule has 0 amide bonds. The largest absolute Gasteiger partial charge is 0.513 e. The zero-order valence-corrected chi connectivity index (χ0v) is 8.83. The second-order valence-corrected chi connectivity index (χ2v) is 4.85. The number of aliphatic hydroxyl groups is 2. The molecule has 1 rings (SSSR count). The number of aliphatic hydroxyl groups excluding tert-OH is 2. The highest BCUT2D eigenvalue weighted by atomic mass is 16.3. The predicted octanol–water partition coefficient (Wildman–Crippen LogP) is 1.64. The number of hydrogen-bond acceptors (Lipinski definition) is 3. The van der Waals surface area contributed by atoms with E-state index in [4.69, 9.17) is 0 Å². The Bertz CT molecular complexity index is 231. The van der Waals surface area contributed by atoms with Crippen LogP contribution in [-0.2, 0) is 0 Å². The molecule has 0 radical (unpaired) electrons. The van der Waals surface area contributed by atoms with Crippen LogP contribution in [0.3, 0.4) is 0 Å². The van der Waals surface area contributed by atoms with Crippen LogP contribution in [0.4, 0.5) is 0 Å². The number of hydrogen-bond donors (Lipinski definition) is 2. The van der Waals surface area contributed by atoms with Gasteiger partial charge in [0, 0.05) is 17.5 Å². The number of rotatable bonds is 1. The molecule has 3 nitrogen and oxygen atoms in total. The van der Waals surface area contributed by atoms with Gasteiger partial charge in [0.2, 0.25) is 0 Å². The monoisotopic (exact) mass is 185 g/mol. The molecule has 1 aliphatic rings. The molecule has 0 fully saturated rings. The first-order valence-electron chi connectivity index (χ1n) is 4.59. The highest BCUT2D eigenvalue weighted by Gasteiger charge is 2.40. The molecule has 0 bridgehead atoms. The SMILES string of the molecule is CC1(C)C=C(O)CC(C)(C)N1CO. The van der Waals surface area contributed by atoms with Crippen LogP contribution >= 0.6 is 0 Å². The molecule has 0 spiro atoms. The lowest BCUT2D eigenvalue weighted by Crippen LogP contribution is -2.57. The van der Waals surface area contributed by atoms with Crippen LogP contribution in [0.1, 0.15) is 34.1 Å². The van der Waals surface area contributed by atoms with Crippen molar-refractivity contribution in [3.63, 3.8) is 0 Å². The van der Waals surface area contributed by atoms with Gasteiger partial charge in [0.1, 0.15) is 0 Å². The zero-order chi connectivity index (χ0) is 10.3. The van der Waals surface area contributed by atoms with Crippen molar-refractivity contribution in [3.05, 3.63) is 11.8 Å². The molecular formula is C10H19NO2. The fourth-order valence-electron chi connectivity index (χ4n) is 2.23. The van der Waals surface area contributed by atoms with Crippen molar-refractivity contribution in [3.8, 4) is 0 Å². The average Bonchev–Trinajstić information content (AvgIpc) is 1.79. The van der Waals surface area contributed by atoms with Crippen molar-refractivity contribution in [1.82, 2.24) is 4.90 Å². The minimum absolute atomic E-state index is 0.0176. The van der Waals surface area contributed by atoms with E-state index >= 15 is 0 Å². The van der Waals surface area contributed by atoms with Crippen LogP contribution in [0.25, 0.3) is 0 Å². The Balaban J connectivity index is 3.04. The molecule has 2 N–H and O–H groups in total. The van der Waals surface area contributed by atoms with Crippen LogP contribution in [0.2, 0.25) is 0 Å². The van der Waals surface area contributed by atoms with E-state index in [0.717, 1.165) is 0 Å². The van der Waals surface area contributed by atoms with E-state index in [0.29, 0.717) is 12.2 Å². The summed E-state index contributed by atoms with van der Waals surface area (Å²) in [7, 11) is 0. The van der Waals surface area contributed by atoms with Gasteiger partial charge in [0.05, 0.1) is 12.5 Å². The molecule has 0 aromatic carbocycles. The summed E-state index contributed by atoms with van der Waals surface area (Å²) in [6.07, 6.45) is 2.39. The van der Waals surface area contributed by atoms with Gasteiger partial charge in [-0.15, -0.1) is 0 Å². The Morgan fingerprint density at radius 3 is 2.31 bits per heavy atom. The van der Waals surface area contributed by atoms with E-state index in [1.807, 2.05) is 32.6 Å². The van der Waals surface area contributed by atoms with Crippen molar-refractivity contribution in [2.75, 3.05) is 6.73 Å². The second-order valence-electron chi connectivity index (χ2n) is 4.85. The molecule has 3 heteroatoms. The molecule has 0 aromatic heterocycles. The van der Waals surface area contributed by atoms with Gasteiger partial charge < -0.3 is 10.2 Å². The molecule has 76 valence electrons. The van der Waals surface area contributed by atoms with E-state index in [1.165, 1.54) is 0 Å². The number of nitrogens with zero attached hydrogens (tertiary/aromatic N) is 1. The molecule has 0 unspecified atom stereocenters. The summed E-state index contributed by atoms with van der Waals surface area (Å²) in [4.78, 5) is 1.97. The normalized spacial score (nSPS) is 27.0. The van der Waals surface area contributed by atoms with Gasteiger partial charge in [-0.25, -0.2) is 0 Å². The average molecular weight is 185 g/mol. The molecule has 1 heterocycles. The minimum atomic E-state index is -0.277. The third kappa shape index (κ3) is 1.86. The Labute approximate surface area is 79.7 Å². The van der Waals surface area contributed by atoms with Crippen LogP contribution in [-0.4, -0.2) is 32.9 Å². The third-order valence-corrected chi connectivity index (χ3v) is 2.70. The standard InChI is InChI=1S/C10H19NO2/c1-9(2)5-8(13)6-10(3,4)11(9)7-12/h5,12-13H,6-7H2,1-4H3. The molecule has 0 saturated heterocycles. The minimum Gasteiger partial charge on any atom is -0.513 e. The van der Waals surface area contributed by atoms with Crippen molar-refractivity contribution in [2.24, 2.45) is 0 Å². The lowest BCUT2D eigenvalue weighted by atomic mass is 9.84. The maximum absolute atomic E-state index is 9.55. The summed E-state index contributed by atoms with van der Waals surface area (Å²) in [6, 6.07) is 0. The molecule has 13 heavy (non-hydrogen) atoms. The van der Waals surface area contributed by atoms with Crippen LogP contribution in [0, 0.1) is 0 Å². The van der Waals surface area contributed by atoms with Gasteiger partial charge in [-0.1, -0.05) is 0 Å². The van der Waals surface area contributed by atoms with Crippen molar-refractivity contribution >= 4 is 0 Å². The Kier molecular flexibility index (Phi) is 2.43. The first kappa shape index (κ1) is 10.5. The summed E-state index contributed by atoms with van der Waals surface area (Å²) in [5, 5.41) is 18.8. The van der Waals surface area contributed by atoms with E-state index < -0.39 is 0 Å². The molecule has 0 aromatic rings. The van der Waals surface area contributed by atoms with Gasteiger partial charge >= 0.3 is 0 Å². The summed E-state index contributed by atoms with van der Waals surface area (Å²) in [5.74, 6) is 0.416. The van der Waals surface area contributed by atoms with E-state index in [-0.39, 0.29) is 17.8 Å². The van der Waals surface area contributed by atoms with Gasteiger partial charge in [-0.05, 0) is 33.8 Å². The molecular weight excluding hydrogens is 166 g/mol. The fourth-order valence-corrected chi connectivity index (χ4v) is 2.23. The van der Waals surface area contributed by atoms with E-state index in [9.17, 15) is 10.2 Å². The smallest absolute Gasteiger partial charge is 0.0967 e. The summed E-state index contributed by atoms with van der Waals surface area (Å²) < 4.78 is 0. The summed E-state index contributed by atoms with van der Waals surface area (Å²) in [6.45, 7) is 8.03. The highest BCUT2D eigenvalue weighted by Crippen LogP contribution is 2.35. The van der Waals surface area contributed by atoms with Crippen molar-refractivity contribution in [1.29, 1.82) is 0 Å². The fraction of sp³-hybridized carbons (Fsp3) is 0.800. The highest BCUT2D eigenvalue weighted by molar-refractivity contribution is 5.16. The van der Waals surface area contributed by atoms with Crippen LogP contribution in [0.5, 0.6) is 0 Å². The Morgan fingerprint density at radius 2 is 1.92 bits per heavy atom. The molecule has 1 aliphatic heterocycles. The summed E-state index contributed by atoms with van der Waals surface area (Å²) >= 11 is 0. The lowest BCUT2D eigenvalue weighted by molar-refractivity contribution is -0.0457. The molecule has 0 atom stereocenters. The lowest BCUT2D eigenvalue weighted by Gasteiger charge is -2.49. The van der Waals surface area contributed by atoms with E-state index in [2.05, 4.69) is 0 Å². The van der Waals surface area contributed by atoms with Gasteiger partial charge in [0.25, 0.3) is 0 Å². The molecule has 0 aliphatic carbocycles. The van der Waals surface area contributed by atoms with Crippen LogP contribution in [0.15, 0.2) is 11.8 Å². The van der Waals surface area contributed by atoms with Crippen molar-refractivity contribution < 1.29 is 10.2 Å². The second kappa shape index (κ2) is 3.00. The van der Waals surface area contributed by atoms with Crippen molar-refractivity contribution in [2.45, 2.75) is 45.2 Å². The quantitative estimate of drug-likeness (QED) is 0.652. The van der Waals surface area contributed by atoms with Gasteiger partial charge in [-0.3, -0.25) is 4.90 Å². The maximum Gasteiger partial charge on any atom is 0.0967 e. The van der Waals surface area contributed by atoms with Gasteiger partial charge in [0.15, 0.2) is 0 Å².